The van der Waals surface area contributed by atoms with Crippen molar-refractivity contribution in [3.63, 3.8) is 0 Å². The van der Waals surface area contributed by atoms with Crippen LogP contribution in [0.25, 0.3) is 0 Å². The van der Waals surface area contributed by atoms with Gasteiger partial charge in [-0.25, -0.2) is 0 Å². The minimum atomic E-state index is -0.425. The van der Waals surface area contributed by atoms with Crippen LogP contribution in [0.5, 0.6) is 17.2 Å². The number of esters is 1. The lowest BCUT2D eigenvalue weighted by Crippen LogP contribution is -2.12. The van der Waals surface area contributed by atoms with Crippen LogP contribution in [0, 0.1) is 11.3 Å². The largest absolute Gasteiger partial charge is 0.497 e. The van der Waals surface area contributed by atoms with E-state index in [0.29, 0.717) is 22.4 Å². The van der Waals surface area contributed by atoms with Gasteiger partial charge in [-0.1, -0.05) is 12.1 Å². The second kappa shape index (κ2) is 8.37. The van der Waals surface area contributed by atoms with Crippen LogP contribution in [0.4, 0.5) is 0 Å². The Labute approximate surface area is 148 Å². The van der Waals surface area contributed by atoms with Gasteiger partial charge in [0.1, 0.15) is 5.75 Å². The molecule has 0 aliphatic heterocycles. The topological polar surface area (TPSA) is 68.5 Å². The number of benzene rings is 2. The molecule has 24 heavy (non-hydrogen) atoms. The van der Waals surface area contributed by atoms with E-state index in [1.807, 2.05) is 13.0 Å². The van der Waals surface area contributed by atoms with E-state index in [9.17, 15) is 4.79 Å². The fourth-order valence-electron chi connectivity index (χ4n) is 2.05. The van der Waals surface area contributed by atoms with Crippen molar-refractivity contribution in [1.82, 2.24) is 0 Å². The highest BCUT2D eigenvalue weighted by molar-refractivity contribution is 9.10. The molecule has 0 aliphatic carbocycles. The summed E-state index contributed by atoms with van der Waals surface area (Å²) in [5, 5.41) is 9.02. The molecule has 0 N–H and O–H groups in total. The van der Waals surface area contributed by atoms with Crippen molar-refractivity contribution in [2.75, 3.05) is 13.7 Å². The second-order valence-electron chi connectivity index (χ2n) is 4.83. The van der Waals surface area contributed by atoms with Gasteiger partial charge in [-0.3, -0.25) is 4.79 Å². The number of nitrogens with zero attached hydrogens (tertiary/aromatic N) is 1. The summed E-state index contributed by atoms with van der Waals surface area (Å²) in [6.45, 7) is 2.21. The molecule has 0 spiro atoms. The fraction of sp³-hybridized carbons (Fsp3) is 0.222. The quantitative estimate of drug-likeness (QED) is 0.553. The van der Waals surface area contributed by atoms with Gasteiger partial charge in [0.05, 0.1) is 36.2 Å². The number of carbonyl (C=O) groups is 1. The van der Waals surface area contributed by atoms with E-state index >= 15 is 0 Å². The van der Waals surface area contributed by atoms with Crippen LogP contribution in [0.15, 0.2) is 40.9 Å². The molecule has 6 heteroatoms. The third-order valence-electron chi connectivity index (χ3n) is 3.16. The van der Waals surface area contributed by atoms with Crippen molar-refractivity contribution in [2.45, 2.75) is 13.3 Å². The predicted molar refractivity (Wildman–Crippen MR) is 92.4 cm³/mol. The molecule has 0 saturated carbocycles. The molecule has 5 nitrogen and oxygen atoms in total. The highest BCUT2D eigenvalue weighted by Gasteiger charge is 2.16. The number of halogens is 1. The van der Waals surface area contributed by atoms with Gasteiger partial charge < -0.3 is 14.2 Å². The molecule has 0 radical (unpaired) electrons. The first-order valence-electron chi connectivity index (χ1n) is 7.27. The van der Waals surface area contributed by atoms with E-state index in [1.54, 1.807) is 43.5 Å². The molecule has 0 aliphatic rings. The van der Waals surface area contributed by atoms with E-state index in [4.69, 9.17) is 19.5 Å². The summed E-state index contributed by atoms with van der Waals surface area (Å²) in [5.74, 6) is 0.924. The zero-order valence-corrected chi connectivity index (χ0v) is 14.9. The van der Waals surface area contributed by atoms with Crippen molar-refractivity contribution < 1.29 is 19.0 Å². The molecule has 2 aromatic rings. The van der Waals surface area contributed by atoms with Crippen molar-refractivity contribution >= 4 is 21.9 Å². The maximum atomic E-state index is 12.2. The lowest BCUT2D eigenvalue weighted by Gasteiger charge is -2.13. The van der Waals surface area contributed by atoms with Gasteiger partial charge in [0.25, 0.3) is 0 Å². The van der Waals surface area contributed by atoms with Gasteiger partial charge in [-0.05, 0) is 46.6 Å². The average molecular weight is 390 g/mol. The van der Waals surface area contributed by atoms with Gasteiger partial charge >= 0.3 is 5.97 Å². The maximum Gasteiger partial charge on any atom is 0.315 e. The minimum absolute atomic E-state index is 0.113. The standard InChI is InChI=1S/C18H16BrNO4/c1-3-23-16-9-13(11-20)8-15(19)18(16)24-17(21)10-12-4-6-14(22-2)7-5-12/h4-9H,3,10H2,1-2H3. The molecule has 0 bridgehead atoms. The number of nitriles is 1. The minimum Gasteiger partial charge on any atom is -0.497 e. The van der Waals surface area contributed by atoms with Gasteiger partial charge in [0.2, 0.25) is 0 Å². The second-order valence-corrected chi connectivity index (χ2v) is 5.68. The first kappa shape index (κ1) is 17.8. The van der Waals surface area contributed by atoms with E-state index in [0.717, 1.165) is 11.3 Å². The molecule has 0 saturated heterocycles. The van der Waals surface area contributed by atoms with Crippen molar-refractivity contribution in [2.24, 2.45) is 0 Å². The van der Waals surface area contributed by atoms with E-state index in [1.165, 1.54) is 0 Å². The lowest BCUT2D eigenvalue weighted by molar-refractivity contribution is -0.133. The molecule has 0 atom stereocenters. The number of ether oxygens (including phenoxy) is 3. The van der Waals surface area contributed by atoms with Crippen molar-refractivity contribution in [3.8, 4) is 23.3 Å². The molecular weight excluding hydrogens is 374 g/mol. The van der Waals surface area contributed by atoms with Gasteiger partial charge in [0, 0.05) is 6.07 Å². The predicted octanol–water partition coefficient (Wildman–Crippen LogP) is 3.88. The van der Waals surface area contributed by atoms with Crippen molar-refractivity contribution in [1.29, 1.82) is 5.26 Å². The summed E-state index contributed by atoms with van der Waals surface area (Å²) in [6.07, 6.45) is 0.113. The smallest absolute Gasteiger partial charge is 0.315 e. The van der Waals surface area contributed by atoms with Gasteiger partial charge in [-0.15, -0.1) is 0 Å². The first-order chi connectivity index (χ1) is 11.6. The molecule has 124 valence electrons. The summed E-state index contributed by atoms with van der Waals surface area (Å²) in [7, 11) is 1.58. The number of hydrogen-bond donors (Lipinski definition) is 0. The summed E-state index contributed by atoms with van der Waals surface area (Å²) >= 11 is 3.32. The van der Waals surface area contributed by atoms with E-state index in [2.05, 4.69) is 15.9 Å². The molecule has 0 heterocycles. The van der Waals surface area contributed by atoms with Crippen LogP contribution in [-0.2, 0) is 11.2 Å². The molecule has 0 fully saturated rings. The summed E-state index contributed by atoms with van der Waals surface area (Å²) in [4.78, 5) is 12.2. The molecule has 0 unspecified atom stereocenters. The lowest BCUT2D eigenvalue weighted by atomic mass is 10.1. The van der Waals surface area contributed by atoms with Gasteiger partial charge in [-0.2, -0.15) is 5.26 Å². The zero-order chi connectivity index (χ0) is 17.5. The van der Waals surface area contributed by atoms with Crippen LogP contribution >= 0.6 is 15.9 Å². The fourth-order valence-corrected chi connectivity index (χ4v) is 2.58. The van der Waals surface area contributed by atoms with E-state index < -0.39 is 5.97 Å². The summed E-state index contributed by atoms with van der Waals surface area (Å²) < 4.78 is 16.5. The van der Waals surface area contributed by atoms with Crippen molar-refractivity contribution in [3.05, 3.63) is 52.0 Å². The van der Waals surface area contributed by atoms with Crippen LogP contribution in [0.1, 0.15) is 18.1 Å². The Morgan fingerprint density at radius 1 is 1.25 bits per heavy atom. The highest BCUT2D eigenvalue weighted by atomic mass is 79.9. The summed E-state index contributed by atoms with van der Waals surface area (Å²) in [6, 6.07) is 12.3. The van der Waals surface area contributed by atoms with Crippen LogP contribution < -0.4 is 14.2 Å². The Bertz CT molecular complexity index is 766. The molecule has 2 rings (SSSR count). The Balaban J connectivity index is 2.16. The van der Waals surface area contributed by atoms with Crippen LogP contribution in [0.2, 0.25) is 0 Å². The number of carbonyl (C=O) groups excluding carboxylic acids is 1. The first-order valence-corrected chi connectivity index (χ1v) is 8.06. The normalized spacial score (nSPS) is 9.92. The Kier molecular flexibility index (Phi) is 6.21. The van der Waals surface area contributed by atoms with E-state index in [-0.39, 0.29) is 12.2 Å². The number of rotatable bonds is 6. The Morgan fingerprint density at radius 3 is 2.54 bits per heavy atom. The zero-order valence-electron chi connectivity index (χ0n) is 13.3. The third kappa shape index (κ3) is 4.49. The Morgan fingerprint density at radius 2 is 1.96 bits per heavy atom. The molecule has 0 aromatic heterocycles. The monoisotopic (exact) mass is 389 g/mol. The molecule has 0 amide bonds. The van der Waals surface area contributed by atoms with Gasteiger partial charge in [0.15, 0.2) is 11.5 Å². The number of methoxy groups -OCH3 is 1. The Hall–Kier alpha value is -2.52. The number of hydrogen-bond acceptors (Lipinski definition) is 5. The van der Waals surface area contributed by atoms with Crippen LogP contribution in [0.3, 0.4) is 0 Å². The summed E-state index contributed by atoms with van der Waals surface area (Å²) in [5.41, 5.74) is 1.23. The highest BCUT2D eigenvalue weighted by Crippen LogP contribution is 2.37. The molecule has 2 aromatic carbocycles. The third-order valence-corrected chi connectivity index (χ3v) is 3.75. The maximum absolute atomic E-state index is 12.2. The molecular formula is C18H16BrNO4. The van der Waals surface area contributed by atoms with Crippen LogP contribution in [-0.4, -0.2) is 19.7 Å². The average Bonchev–Trinajstić information content (AvgIpc) is 2.58. The SMILES string of the molecule is CCOc1cc(C#N)cc(Br)c1OC(=O)Cc1ccc(OC)cc1.